The molecular formula is C11H13BrClNO. The van der Waals surface area contributed by atoms with Gasteiger partial charge in [0, 0.05) is 34.7 Å². The highest BCUT2D eigenvalue weighted by Gasteiger charge is 2.15. The maximum atomic E-state index is 6.16. The summed E-state index contributed by atoms with van der Waals surface area (Å²) < 4.78 is 5.34. The maximum absolute atomic E-state index is 6.16. The number of anilines is 1. The first-order valence-corrected chi connectivity index (χ1v) is 6.49. The fourth-order valence-electron chi connectivity index (χ4n) is 1.78. The molecule has 15 heavy (non-hydrogen) atoms. The Morgan fingerprint density at radius 3 is 2.73 bits per heavy atom. The van der Waals surface area contributed by atoms with Gasteiger partial charge in [-0.05, 0) is 12.1 Å². The Bertz CT molecular complexity index is 339. The third-order valence-corrected chi connectivity index (χ3v) is 3.49. The number of ether oxygens (including phenoxy) is 1. The van der Waals surface area contributed by atoms with E-state index in [2.05, 4.69) is 26.9 Å². The van der Waals surface area contributed by atoms with Gasteiger partial charge in [-0.15, -0.1) is 0 Å². The molecule has 1 fully saturated rings. The quantitative estimate of drug-likeness (QED) is 0.776. The Kier molecular flexibility index (Phi) is 3.89. The summed E-state index contributed by atoms with van der Waals surface area (Å²) in [5.41, 5.74) is 2.39. The van der Waals surface area contributed by atoms with E-state index in [4.69, 9.17) is 16.3 Å². The van der Waals surface area contributed by atoms with E-state index in [1.165, 1.54) is 11.3 Å². The van der Waals surface area contributed by atoms with Gasteiger partial charge in [0.15, 0.2) is 0 Å². The predicted molar refractivity (Wildman–Crippen MR) is 67.1 cm³/mol. The number of alkyl halides is 1. The molecule has 1 heterocycles. The molecule has 1 aromatic rings. The largest absolute Gasteiger partial charge is 0.378 e. The molecule has 0 unspecified atom stereocenters. The number of nitrogens with zero attached hydrogens (tertiary/aromatic N) is 1. The highest BCUT2D eigenvalue weighted by Crippen LogP contribution is 2.29. The zero-order valence-electron chi connectivity index (χ0n) is 8.38. The van der Waals surface area contributed by atoms with Crippen LogP contribution in [0.15, 0.2) is 18.2 Å². The second-order valence-corrected chi connectivity index (χ2v) is 4.44. The van der Waals surface area contributed by atoms with Crippen LogP contribution < -0.4 is 4.90 Å². The van der Waals surface area contributed by atoms with Crippen molar-refractivity contribution in [1.82, 2.24) is 0 Å². The fraction of sp³-hybridized carbons (Fsp3) is 0.455. The van der Waals surface area contributed by atoms with Gasteiger partial charge < -0.3 is 9.64 Å². The number of benzene rings is 1. The first-order valence-electron chi connectivity index (χ1n) is 4.99. The van der Waals surface area contributed by atoms with Crippen molar-refractivity contribution >= 4 is 33.2 Å². The number of morpholine rings is 1. The van der Waals surface area contributed by atoms with Crippen LogP contribution in [0, 0.1) is 0 Å². The lowest BCUT2D eigenvalue weighted by Crippen LogP contribution is -2.36. The van der Waals surface area contributed by atoms with E-state index in [0.717, 1.165) is 36.7 Å². The number of halogens is 2. The molecular weight excluding hydrogens is 277 g/mol. The normalized spacial score (nSPS) is 16.8. The minimum Gasteiger partial charge on any atom is -0.378 e. The standard InChI is InChI=1S/C11H13BrClNO/c12-8-9-10(13)2-1-3-11(9)14-4-6-15-7-5-14/h1-3H,4-8H2. The van der Waals surface area contributed by atoms with E-state index < -0.39 is 0 Å². The van der Waals surface area contributed by atoms with Crippen molar-refractivity contribution in [2.45, 2.75) is 5.33 Å². The van der Waals surface area contributed by atoms with E-state index in [0.29, 0.717) is 0 Å². The second-order valence-electron chi connectivity index (χ2n) is 3.47. The smallest absolute Gasteiger partial charge is 0.0642 e. The highest BCUT2D eigenvalue weighted by atomic mass is 79.9. The Hall–Kier alpha value is -0.250. The van der Waals surface area contributed by atoms with Gasteiger partial charge >= 0.3 is 0 Å². The van der Waals surface area contributed by atoms with E-state index in [-0.39, 0.29) is 0 Å². The predicted octanol–water partition coefficient (Wildman–Crippen LogP) is 3.07. The van der Waals surface area contributed by atoms with E-state index in [1.54, 1.807) is 0 Å². The van der Waals surface area contributed by atoms with E-state index in [1.807, 2.05) is 12.1 Å². The molecule has 1 saturated heterocycles. The topological polar surface area (TPSA) is 12.5 Å². The third-order valence-electron chi connectivity index (χ3n) is 2.58. The molecule has 0 saturated carbocycles. The first kappa shape index (κ1) is 11.2. The summed E-state index contributed by atoms with van der Waals surface area (Å²) in [5.74, 6) is 0. The van der Waals surface area contributed by atoms with Crippen LogP contribution in [0.3, 0.4) is 0 Å². The summed E-state index contributed by atoms with van der Waals surface area (Å²) in [4.78, 5) is 2.33. The van der Waals surface area contributed by atoms with Crippen molar-refractivity contribution in [3.8, 4) is 0 Å². The van der Waals surface area contributed by atoms with Crippen molar-refractivity contribution in [1.29, 1.82) is 0 Å². The van der Waals surface area contributed by atoms with Crippen molar-refractivity contribution in [2.75, 3.05) is 31.2 Å². The molecule has 1 aromatic carbocycles. The summed E-state index contributed by atoms with van der Waals surface area (Å²) >= 11 is 9.64. The Morgan fingerprint density at radius 2 is 2.07 bits per heavy atom. The maximum Gasteiger partial charge on any atom is 0.0642 e. The molecule has 0 N–H and O–H groups in total. The molecule has 1 aliphatic rings. The van der Waals surface area contributed by atoms with Crippen LogP contribution in [0.1, 0.15) is 5.56 Å². The molecule has 0 aliphatic carbocycles. The van der Waals surface area contributed by atoms with Crippen LogP contribution >= 0.6 is 27.5 Å². The number of rotatable bonds is 2. The second kappa shape index (κ2) is 5.19. The SMILES string of the molecule is Clc1cccc(N2CCOCC2)c1CBr. The van der Waals surface area contributed by atoms with Gasteiger partial charge in [0.1, 0.15) is 0 Å². The Balaban J connectivity index is 2.29. The monoisotopic (exact) mass is 289 g/mol. The van der Waals surface area contributed by atoms with Gasteiger partial charge in [-0.2, -0.15) is 0 Å². The zero-order chi connectivity index (χ0) is 10.7. The van der Waals surface area contributed by atoms with Crippen molar-refractivity contribution in [2.24, 2.45) is 0 Å². The molecule has 2 rings (SSSR count). The summed E-state index contributed by atoms with van der Waals surface area (Å²) in [5, 5.41) is 1.62. The summed E-state index contributed by atoms with van der Waals surface area (Å²) in [6.45, 7) is 3.49. The van der Waals surface area contributed by atoms with Crippen LogP contribution in [0.4, 0.5) is 5.69 Å². The summed E-state index contributed by atoms with van der Waals surface area (Å²) in [6, 6.07) is 6.05. The third kappa shape index (κ3) is 2.47. The Morgan fingerprint density at radius 1 is 1.33 bits per heavy atom. The van der Waals surface area contributed by atoms with Gasteiger partial charge in [-0.3, -0.25) is 0 Å². The molecule has 0 aromatic heterocycles. The minimum absolute atomic E-state index is 0.791. The van der Waals surface area contributed by atoms with Gasteiger partial charge in [0.2, 0.25) is 0 Å². The highest BCUT2D eigenvalue weighted by molar-refractivity contribution is 9.08. The summed E-state index contributed by atoms with van der Waals surface area (Å²) in [7, 11) is 0. The van der Waals surface area contributed by atoms with E-state index >= 15 is 0 Å². The van der Waals surface area contributed by atoms with Crippen LogP contribution in [0.5, 0.6) is 0 Å². The average molecular weight is 291 g/mol. The average Bonchev–Trinajstić information content (AvgIpc) is 2.30. The number of hydrogen-bond acceptors (Lipinski definition) is 2. The van der Waals surface area contributed by atoms with Crippen molar-refractivity contribution in [3.05, 3.63) is 28.8 Å². The lowest BCUT2D eigenvalue weighted by atomic mass is 10.1. The molecule has 0 bridgehead atoms. The van der Waals surface area contributed by atoms with Crippen molar-refractivity contribution in [3.63, 3.8) is 0 Å². The van der Waals surface area contributed by atoms with Crippen LogP contribution in [-0.2, 0) is 10.1 Å². The zero-order valence-corrected chi connectivity index (χ0v) is 10.7. The molecule has 82 valence electrons. The van der Waals surface area contributed by atoms with Crippen LogP contribution in [0.25, 0.3) is 0 Å². The first-order chi connectivity index (χ1) is 7.33. The van der Waals surface area contributed by atoms with Crippen molar-refractivity contribution < 1.29 is 4.74 Å². The molecule has 0 atom stereocenters. The van der Waals surface area contributed by atoms with Gasteiger partial charge in [0.05, 0.1) is 13.2 Å². The van der Waals surface area contributed by atoms with Gasteiger partial charge in [-0.1, -0.05) is 33.6 Å². The molecule has 0 radical (unpaired) electrons. The number of hydrogen-bond donors (Lipinski definition) is 0. The molecule has 0 spiro atoms. The fourth-order valence-corrected chi connectivity index (χ4v) is 2.77. The molecule has 4 heteroatoms. The van der Waals surface area contributed by atoms with E-state index in [9.17, 15) is 0 Å². The molecule has 2 nitrogen and oxygen atoms in total. The molecule has 0 amide bonds. The van der Waals surface area contributed by atoms with Gasteiger partial charge in [0.25, 0.3) is 0 Å². The lowest BCUT2D eigenvalue weighted by Gasteiger charge is -2.30. The minimum atomic E-state index is 0.791. The van der Waals surface area contributed by atoms with Gasteiger partial charge in [-0.25, -0.2) is 0 Å². The summed E-state index contributed by atoms with van der Waals surface area (Å²) in [6.07, 6.45) is 0. The molecule has 1 aliphatic heterocycles. The Labute approximate surface area is 103 Å². The lowest BCUT2D eigenvalue weighted by molar-refractivity contribution is 0.122. The van der Waals surface area contributed by atoms with Crippen LogP contribution in [-0.4, -0.2) is 26.3 Å². The van der Waals surface area contributed by atoms with Crippen LogP contribution in [0.2, 0.25) is 5.02 Å².